The fourth-order valence-corrected chi connectivity index (χ4v) is 3.27. The van der Waals surface area contributed by atoms with E-state index in [0.29, 0.717) is 25.9 Å². The lowest BCUT2D eigenvalue weighted by Gasteiger charge is -2.26. The number of aromatic nitrogens is 2. The number of aryl methyl sites for hydroxylation is 1. The molecule has 2 heterocycles. The van der Waals surface area contributed by atoms with Gasteiger partial charge >= 0.3 is 0 Å². The van der Waals surface area contributed by atoms with Gasteiger partial charge in [0.05, 0.1) is 25.0 Å². The van der Waals surface area contributed by atoms with Crippen LogP contribution in [0.4, 0.5) is 0 Å². The lowest BCUT2D eigenvalue weighted by molar-refractivity contribution is -0.138. The van der Waals surface area contributed by atoms with E-state index < -0.39 is 0 Å². The first kappa shape index (κ1) is 18.0. The van der Waals surface area contributed by atoms with Gasteiger partial charge in [0.15, 0.2) is 0 Å². The molecule has 2 aromatic rings. The minimum atomic E-state index is -0.0946. The summed E-state index contributed by atoms with van der Waals surface area (Å²) in [6.07, 6.45) is 0.983. The van der Waals surface area contributed by atoms with Crippen LogP contribution >= 0.6 is 0 Å². The van der Waals surface area contributed by atoms with Gasteiger partial charge in [-0.1, -0.05) is 6.07 Å². The highest BCUT2D eigenvalue weighted by atomic mass is 16.5. The minimum absolute atomic E-state index is 0.00720. The second-order valence-corrected chi connectivity index (χ2v) is 6.43. The maximum atomic E-state index is 12.4. The summed E-state index contributed by atoms with van der Waals surface area (Å²) in [4.78, 5) is 25.5. The molecule has 7 heteroatoms. The zero-order valence-corrected chi connectivity index (χ0v) is 15.4. The molecule has 0 atom stereocenters. The molecule has 7 nitrogen and oxygen atoms in total. The number of rotatable bonds is 5. The molecule has 1 N–H and O–H groups in total. The van der Waals surface area contributed by atoms with Crippen LogP contribution in [0.15, 0.2) is 24.3 Å². The molecule has 0 aliphatic carbocycles. The standard InChI is InChI=1S/C19H24N4O3/c1-13-17(7-8-19(25)22-10-9-20-18(24)12-22)14(2)23(21-13)15-5-4-6-16(11-15)26-3/h4-6,11H,7-10,12H2,1-3H3,(H,20,24). The number of amides is 2. The van der Waals surface area contributed by atoms with E-state index in [1.54, 1.807) is 12.0 Å². The third kappa shape index (κ3) is 3.71. The van der Waals surface area contributed by atoms with Crippen molar-refractivity contribution in [1.82, 2.24) is 20.0 Å². The number of benzene rings is 1. The Morgan fingerprint density at radius 1 is 1.35 bits per heavy atom. The second kappa shape index (κ2) is 7.59. The van der Waals surface area contributed by atoms with Gasteiger partial charge in [-0.05, 0) is 38.0 Å². The quantitative estimate of drug-likeness (QED) is 0.878. The Morgan fingerprint density at radius 2 is 2.15 bits per heavy atom. The zero-order chi connectivity index (χ0) is 18.7. The van der Waals surface area contributed by atoms with E-state index in [-0.39, 0.29) is 18.4 Å². The summed E-state index contributed by atoms with van der Waals surface area (Å²) in [5.41, 5.74) is 3.92. The second-order valence-electron chi connectivity index (χ2n) is 6.43. The van der Waals surface area contributed by atoms with E-state index in [1.165, 1.54) is 0 Å². The summed E-state index contributed by atoms with van der Waals surface area (Å²) in [6, 6.07) is 7.72. The van der Waals surface area contributed by atoms with Gasteiger partial charge in [0.25, 0.3) is 0 Å². The normalized spacial score (nSPS) is 14.3. The lowest BCUT2D eigenvalue weighted by atomic mass is 10.1. The van der Waals surface area contributed by atoms with E-state index >= 15 is 0 Å². The molecule has 0 spiro atoms. The summed E-state index contributed by atoms with van der Waals surface area (Å²) in [5.74, 6) is 0.686. The first-order chi connectivity index (χ1) is 12.5. The van der Waals surface area contributed by atoms with Crippen molar-refractivity contribution in [2.45, 2.75) is 26.7 Å². The van der Waals surface area contributed by atoms with Crippen LogP contribution in [0, 0.1) is 13.8 Å². The van der Waals surface area contributed by atoms with E-state index in [9.17, 15) is 9.59 Å². The highest BCUT2D eigenvalue weighted by Crippen LogP contribution is 2.22. The van der Waals surface area contributed by atoms with E-state index in [2.05, 4.69) is 10.4 Å². The van der Waals surface area contributed by atoms with Gasteiger partial charge in [-0.25, -0.2) is 4.68 Å². The van der Waals surface area contributed by atoms with E-state index in [0.717, 1.165) is 28.4 Å². The number of nitrogens with one attached hydrogen (secondary N) is 1. The molecular weight excluding hydrogens is 332 g/mol. The van der Waals surface area contributed by atoms with Crippen molar-refractivity contribution in [2.24, 2.45) is 0 Å². The number of hydrogen-bond donors (Lipinski definition) is 1. The molecule has 1 aromatic carbocycles. The number of methoxy groups -OCH3 is 1. The topological polar surface area (TPSA) is 76.5 Å². The fourth-order valence-electron chi connectivity index (χ4n) is 3.27. The number of carbonyl (C=O) groups is 2. The Labute approximate surface area is 152 Å². The monoisotopic (exact) mass is 356 g/mol. The van der Waals surface area contributed by atoms with Crippen LogP contribution in [0.25, 0.3) is 5.69 Å². The number of hydrogen-bond acceptors (Lipinski definition) is 4. The maximum Gasteiger partial charge on any atom is 0.239 e. The molecule has 138 valence electrons. The Balaban J connectivity index is 1.73. The first-order valence-electron chi connectivity index (χ1n) is 8.73. The smallest absolute Gasteiger partial charge is 0.239 e. The van der Waals surface area contributed by atoms with Crippen LogP contribution in [0.3, 0.4) is 0 Å². The van der Waals surface area contributed by atoms with Gasteiger partial charge in [-0.3, -0.25) is 9.59 Å². The van der Waals surface area contributed by atoms with Gasteiger partial charge in [-0.2, -0.15) is 5.10 Å². The highest BCUT2D eigenvalue weighted by molar-refractivity contribution is 5.86. The van der Waals surface area contributed by atoms with Crippen LogP contribution in [-0.2, 0) is 16.0 Å². The molecule has 1 aliphatic heterocycles. The molecule has 0 saturated carbocycles. The summed E-state index contributed by atoms with van der Waals surface area (Å²) >= 11 is 0. The molecule has 0 radical (unpaired) electrons. The molecule has 1 fully saturated rings. The Hall–Kier alpha value is -2.83. The van der Waals surface area contributed by atoms with Gasteiger partial charge in [-0.15, -0.1) is 0 Å². The summed E-state index contributed by atoms with van der Waals surface area (Å²) < 4.78 is 7.17. The number of nitrogens with zero attached hydrogens (tertiary/aromatic N) is 3. The molecule has 1 saturated heterocycles. The van der Waals surface area contributed by atoms with Crippen molar-refractivity contribution in [3.63, 3.8) is 0 Å². The largest absolute Gasteiger partial charge is 0.497 e. The van der Waals surface area contributed by atoms with Gasteiger partial charge in [0.1, 0.15) is 5.75 Å². The Bertz CT molecular complexity index is 828. The van der Waals surface area contributed by atoms with Gasteiger partial charge in [0, 0.05) is 31.3 Å². The number of ether oxygens (including phenoxy) is 1. The molecule has 1 aromatic heterocycles. The van der Waals surface area contributed by atoms with Crippen LogP contribution in [0.1, 0.15) is 23.4 Å². The average molecular weight is 356 g/mol. The predicted octanol–water partition coefficient (Wildman–Crippen LogP) is 1.39. The van der Waals surface area contributed by atoms with Crippen molar-refractivity contribution >= 4 is 11.8 Å². The minimum Gasteiger partial charge on any atom is -0.497 e. The SMILES string of the molecule is COc1cccc(-n2nc(C)c(CCC(=O)N3CCNC(=O)C3)c2C)c1. The molecule has 1 aliphatic rings. The maximum absolute atomic E-state index is 12.4. The van der Waals surface area contributed by atoms with Gasteiger partial charge < -0.3 is 15.0 Å². The van der Waals surface area contributed by atoms with Crippen LogP contribution in [-0.4, -0.2) is 53.2 Å². The highest BCUT2D eigenvalue weighted by Gasteiger charge is 2.22. The molecule has 0 unspecified atom stereocenters. The van der Waals surface area contributed by atoms with Crippen LogP contribution < -0.4 is 10.1 Å². The predicted molar refractivity (Wildman–Crippen MR) is 97.5 cm³/mol. The summed E-state index contributed by atoms with van der Waals surface area (Å²) in [6.45, 7) is 5.22. The third-order valence-corrected chi connectivity index (χ3v) is 4.72. The van der Waals surface area contributed by atoms with Gasteiger partial charge in [0.2, 0.25) is 11.8 Å². The van der Waals surface area contributed by atoms with Crippen LogP contribution in [0.5, 0.6) is 5.75 Å². The van der Waals surface area contributed by atoms with Crippen molar-refractivity contribution < 1.29 is 14.3 Å². The average Bonchev–Trinajstić information content (AvgIpc) is 2.93. The third-order valence-electron chi connectivity index (χ3n) is 4.72. The molecule has 26 heavy (non-hydrogen) atoms. The Kier molecular flexibility index (Phi) is 5.25. The van der Waals surface area contributed by atoms with E-state index in [4.69, 9.17) is 4.74 Å². The molecular formula is C19H24N4O3. The lowest BCUT2D eigenvalue weighted by Crippen LogP contribution is -2.50. The van der Waals surface area contributed by atoms with Crippen molar-refractivity contribution in [3.05, 3.63) is 41.2 Å². The molecule has 2 amide bonds. The number of piperazine rings is 1. The fraction of sp³-hybridized carbons (Fsp3) is 0.421. The van der Waals surface area contributed by atoms with Crippen molar-refractivity contribution in [2.75, 3.05) is 26.7 Å². The number of carbonyl (C=O) groups excluding carboxylic acids is 2. The molecule has 0 bridgehead atoms. The first-order valence-corrected chi connectivity index (χ1v) is 8.73. The van der Waals surface area contributed by atoms with E-state index in [1.807, 2.05) is 42.8 Å². The summed E-state index contributed by atoms with van der Waals surface area (Å²) in [7, 11) is 1.64. The summed E-state index contributed by atoms with van der Waals surface area (Å²) in [5, 5.41) is 7.36. The molecule has 3 rings (SSSR count). The van der Waals surface area contributed by atoms with Crippen LogP contribution in [0.2, 0.25) is 0 Å². The van der Waals surface area contributed by atoms with Crippen molar-refractivity contribution in [1.29, 1.82) is 0 Å². The Morgan fingerprint density at radius 3 is 2.88 bits per heavy atom. The zero-order valence-electron chi connectivity index (χ0n) is 15.4. The van der Waals surface area contributed by atoms with Crippen molar-refractivity contribution in [3.8, 4) is 11.4 Å².